The number of rotatable bonds is 6. The van der Waals surface area contributed by atoms with E-state index in [1.54, 1.807) is 0 Å². The summed E-state index contributed by atoms with van der Waals surface area (Å²) in [4.78, 5) is 0. The number of hydrogen-bond donors (Lipinski definition) is 0. The van der Waals surface area contributed by atoms with Gasteiger partial charge in [-0.25, -0.2) is 36.4 Å². The third-order valence-corrected chi connectivity index (χ3v) is 4.99. The van der Waals surface area contributed by atoms with Gasteiger partial charge in [-0.1, -0.05) is 44.9 Å². The molecule has 0 spiro atoms. The van der Waals surface area contributed by atoms with Crippen molar-refractivity contribution in [3.05, 3.63) is 120 Å². The first kappa shape index (κ1) is 27.4. The van der Waals surface area contributed by atoms with Gasteiger partial charge in [-0.05, 0) is 0 Å². The summed E-state index contributed by atoms with van der Waals surface area (Å²) in [6, 6.07) is 37.6. The second-order valence-electron chi connectivity index (χ2n) is 7.06. The summed E-state index contributed by atoms with van der Waals surface area (Å²) >= 11 is 0. The van der Waals surface area contributed by atoms with Crippen LogP contribution < -0.4 is 0 Å². The normalized spacial score (nSPS) is 9.72. The fraction of sp³-hybridized carbons (Fsp3) is 0.259. The molecule has 0 atom stereocenters. The Kier molecular flexibility index (Phi) is 15.4. The van der Waals surface area contributed by atoms with Gasteiger partial charge in [0.05, 0.1) is 0 Å². The van der Waals surface area contributed by atoms with Crippen LogP contribution in [0.4, 0.5) is 0 Å². The Balaban J connectivity index is 0.000000537. The molecule has 2 heteroatoms. The van der Waals surface area contributed by atoms with Gasteiger partial charge in [0.25, 0.3) is 0 Å². The van der Waals surface area contributed by atoms with E-state index in [2.05, 4.69) is 62.4 Å². The van der Waals surface area contributed by atoms with Crippen molar-refractivity contribution < 1.29 is 34.1 Å². The summed E-state index contributed by atoms with van der Waals surface area (Å²) in [5.74, 6) is 0. The van der Waals surface area contributed by atoms with E-state index >= 15 is 0 Å². The molecule has 0 heterocycles. The largest absolute Gasteiger partial charge is 0.748 e. The van der Waals surface area contributed by atoms with Gasteiger partial charge >= 0.3 is 0 Å². The van der Waals surface area contributed by atoms with Crippen LogP contribution in [-0.2, 0) is 39.6 Å². The molecule has 0 bridgehead atoms. The average Bonchev–Trinajstić information content (AvgIpc) is 3.50. The van der Waals surface area contributed by atoms with Gasteiger partial charge in [-0.15, -0.1) is 0 Å². The van der Waals surface area contributed by atoms with Crippen molar-refractivity contribution in [3.63, 3.8) is 0 Å². The van der Waals surface area contributed by atoms with Gasteiger partial charge in [0.15, 0.2) is 0 Å². The second-order valence-corrected chi connectivity index (χ2v) is 7.06. The van der Waals surface area contributed by atoms with Crippen LogP contribution in [0.15, 0.2) is 109 Å². The van der Waals surface area contributed by atoms with Gasteiger partial charge in [0.2, 0.25) is 0 Å². The van der Waals surface area contributed by atoms with Crippen molar-refractivity contribution in [2.45, 2.75) is 44.9 Å². The molecule has 0 aliphatic carbocycles. The van der Waals surface area contributed by atoms with E-state index in [0.29, 0.717) is 0 Å². The topological polar surface area (TPSA) is 0 Å². The van der Waals surface area contributed by atoms with Crippen molar-refractivity contribution in [2.24, 2.45) is 0 Å². The van der Waals surface area contributed by atoms with Gasteiger partial charge in [-0.3, -0.25) is 0 Å². The van der Waals surface area contributed by atoms with Crippen LogP contribution in [0.5, 0.6) is 0 Å². The predicted molar refractivity (Wildman–Crippen MR) is 119 cm³/mol. The van der Waals surface area contributed by atoms with Crippen LogP contribution in [0, 0.1) is 0 Å². The first-order chi connectivity index (χ1) is 13.3. The minimum atomic E-state index is 0. The second kappa shape index (κ2) is 16.3. The fourth-order valence-electron chi connectivity index (χ4n) is 3.31. The molecule has 0 N–H and O–H groups in total. The average molecular weight is 468 g/mol. The summed E-state index contributed by atoms with van der Waals surface area (Å²) in [6.07, 6.45) is 5.17. The summed E-state index contributed by atoms with van der Waals surface area (Å²) < 4.78 is 0. The molecule has 0 radical (unpaired) electrons. The number of hydrogen-bond acceptors (Lipinski definition) is 0. The first-order valence-electron chi connectivity index (χ1n) is 10.0. The van der Waals surface area contributed by atoms with Gasteiger partial charge < -0.3 is 30.3 Å². The number of unbranched alkanes of at least 4 members (excludes halogenated alkanes) is 2. The molecule has 0 amide bonds. The molecular weight excluding hydrogens is 436 g/mol. The van der Waals surface area contributed by atoms with E-state index < -0.39 is 0 Å². The van der Waals surface area contributed by atoms with Crippen molar-refractivity contribution >= 4 is 0 Å². The van der Waals surface area contributed by atoms with E-state index in [9.17, 15) is 0 Å². The van der Waals surface area contributed by atoms with Crippen LogP contribution in [0.25, 0.3) is 0 Å². The molecule has 0 nitrogen and oxygen atoms in total. The summed E-state index contributed by atoms with van der Waals surface area (Å²) in [5.41, 5.74) is 3.11. The van der Waals surface area contributed by atoms with E-state index in [0.717, 1.165) is 0 Å². The molecule has 4 rings (SSSR count). The maximum Gasteiger partial charge on any atom is 0 e. The van der Waals surface area contributed by atoms with Crippen molar-refractivity contribution in [1.82, 2.24) is 0 Å². The van der Waals surface area contributed by atoms with Gasteiger partial charge in [0.1, 0.15) is 0 Å². The zero-order valence-electron chi connectivity index (χ0n) is 17.4. The molecule has 0 unspecified atom stereocenters. The summed E-state index contributed by atoms with van der Waals surface area (Å²) in [5, 5.41) is 0. The van der Waals surface area contributed by atoms with Crippen LogP contribution in [0.3, 0.4) is 0 Å². The minimum Gasteiger partial charge on any atom is -0.748 e. The summed E-state index contributed by atoms with van der Waals surface area (Å²) in [6.45, 7) is 4.65. The fourth-order valence-corrected chi connectivity index (χ4v) is 3.31. The van der Waals surface area contributed by atoms with Crippen LogP contribution >= 0.6 is 0 Å². The van der Waals surface area contributed by atoms with Crippen LogP contribution in [0.2, 0.25) is 0 Å². The van der Waals surface area contributed by atoms with E-state index in [1.165, 1.54) is 36.8 Å². The maximum atomic E-state index is 2.38. The Morgan fingerprint density at radius 2 is 1.07 bits per heavy atom. The zero-order valence-corrected chi connectivity index (χ0v) is 19.6. The van der Waals surface area contributed by atoms with E-state index in [1.807, 2.05) is 60.7 Å². The molecule has 4 aromatic carbocycles. The van der Waals surface area contributed by atoms with E-state index in [4.69, 9.17) is 0 Å². The molecular formula is C27H32Fe2-8. The van der Waals surface area contributed by atoms with Crippen molar-refractivity contribution in [3.8, 4) is 0 Å². The Morgan fingerprint density at radius 3 is 1.38 bits per heavy atom. The molecule has 4 aromatic rings. The van der Waals surface area contributed by atoms with Gasteiger partial charge in [-0.2, -0.15) is 53.6 Å². The smallest absolute Gasteiger partial charge is 0 e. The van der Waals surface area contributed by atoms with Crippen molar-refractivity contribution in [1.29, 1.82) is 0 Å². The monoisotopic (exact) mass is 468 g/mol. The van der Waals surface area contributed by atoms with Crippen LogP contribution in [-0.4, -0.2) is 0 Å². The third-order valence-electron chi connectivity index (χ3n) is 4.99. The molecule has 29 heavy (non-hydrogen) atoms. The van der Waals surface area contributed by atoms with Crippen molar-refractivity contribution in [2.75, 3.05) is 0 Å². The molecule has 0 saturated carbocycles. The molecule has 0 saturated heterocycles. The zero-order chi connectivity index (χ0) is 19.2. The third kappa shape index (κ3) is 9.66. The standard InChI is InChI=1S/C17H22.2C5H5.2Fe/c1-3-4-9-14-17(2,15-10-5-6-11-15)16-12-7-8-13-16;2*1-2-4-5-3-1;;/h5-8,10-13H,3-4,9,14H2,1-2H3;2*1-5H;;/q-2;-5;-1;;. The Labute approximate surface area is 198 Å². The molecule has 0 aliphatic heterocycles. The summed E-state index contributed by atoms with van der Waals surface area (Å²) in [7, 11) is 0. The SMILES string of the molecule is CCCCCC(C)([c-]1cccc1)[c-]1cccc1.[Fe].[Fe].[cH-]1[cH-][cH-][cH-][cH-]1.c1cc[cH-]c1. The van der Waals surface area contributed by atoms with E-state index in [-0.39, 0.29) is 39.6 Å². The predicted octanol–water partition coefficient (Wildman–Crippen LogP) is 7.82. The first-order valence-corrected chi connectivity index (χ1v) is 10.0. The quantitative estimate of drug-likeness (QED) is 0.154. The Bertz CT molecular complexity index is 650. The molecule has 0 fully saturated rings. The molecule has 0 aliphatic rings. The van der Waals surface area contributed by atoms with Crippen LogP contribution in [0.1, 0.15) is 50.7 Å². The molecule has 0 aromatic heterocycles. The minimum absolute atomic E-state index is 0. The maximum absolute atomic E-state index is 2.38. The molecule has 164 valence electrons. The van der Waals surface area contributed by atoms with Gasteiger partial charge in [0, 0.05) is 34.1 Å². The Hall–Kier alpha value is -1.56. The Morgan fingerprint density at radius 1 is 0.655 bits per heavy atom.